The second-order valence-corrected chi connectivity index (χ2v) is 5.20. The van der Waals surface area contributed by atoms with E-state index in [9.17, 15) is 4.79 Å². The number of hydrogen-bond acceptors (Lipinski definition) is 3. The lowest BCUT2D eigenvalue weighted by Crippen LogP contribution is -2.54. The van der Waals surface area contributed by atoms with E-state index in [0.717, 1.165) is 18.5 Å². The van der Waals surface area contributed by atoms with E-state index >= 15 is 0 Å². The normalized spacial score (nSPS) is 27.9. The van der Waals surface area contributed by atoms with Crippen molar-refractivity contribution in [3.05, 3.63) is 17.5 Å². The summed E-state index contributed by atoms with van der Waals surface area (Å²) in [6.45, 7) is 3.24. The van der Waals surface area contributed by atoms with Crippen LogP contribution in [0.4, 0.5) is 0 Å². The zero-order chi connectivity index (χ0) is 12.5. The topological polar surface area (TPSA) is 58.2 Å². The average Bonchev–Trinajstić information content (AvgIpc) is 2.84. The molecule has 0 bridgehead atoms. The third kappa shape index (κ3) is 2.03. The van der Waals surface area contributed by atoms with Crippen LogP contribution in [-0.4, -0.2) is 46.3 Å². The Morgan fingerprint density at radius 2 is 2.33 bits per heavy atom. The molecular formula is C13H19N3O2. The molecule has 1 saturated carbocycles. The fourth-order valence-corrected chi connectivity index (χ4v) is 3.02. The highest BCUT2D eigenvalue weighted by molar-refractivity contribution is 5.92. The number of carbonyl (C=O) groups excluding carboxylic acids is 1. The number of aryl methyl sites for hydroxylation is 1. The highest BCUT2D eigenvalue weighted by atomic mass is 16.5. The predicted octanol–water partition coefficient (Wildman–Crippen LogP) is 1.50. The first-order valence-electron chi connectivity index (χ1n) is 6.70. The van der Waals surface area contributed by atoms with E-state index in [0.29, 0.717) is 18.8 Å². The van der Waals surface area contributed by atoms with Gasteiger partial charge in [0.25, 0.3) is 5.91 Å². The molecule has 1 aromatic heterocycles. The van der Waals surface area contributed by atoms with Crippen LogP contribution in [0.3, 0.4) is 0 Å². The molecule has 0 aromatic carbocycles. The van der Waals surface area contributed by atoms with E-state index in [-0.39, 0.29) is 18.1 Å². The molecule has 1 saturated heterocycles. The number of aromatic nitrogens is 2. The van der Waals surface area contributed by atoms with E-state index in [4.69, 9.17) is 4.74 Å². The molecule has 18 heavy (non-hydrogen) atoms. The average molecular weight is 249 g/mol. The Bertz CT molecular complexity index is 441. The zero-order valence-corrected chi connectivity index (χ0v) is 10.7. The first-order valence-corrected chi connectivity index (χ1v) is 6.70. The van der Waals surface area contributed by atoms with Crippen LogP contribution in [0.2, 0.25) is 0 Å². The largest absolute Gasteiger partial charge is 0.374 e. The smallest absolute Gasteiger partial charge is 0.274 e. The lowest BCUT2D eigenvalue weighted by molar-refractivity contribution is -0.0754. The second kappa shape index (κ2) is 4.72. The van der Waals surface area contributed by atoms with Crippen molar-refractivity contribution in [1.82, 2.24) is 15.1 Å². The molecule has 98 valence electrons. The molecule has 0 spiro atoms. The van der Waals surface area contributed by atoms with Gasteiger partial charge in [0, 0.05) is 12.2 Å². The minimum Gasteiger partial charge on any atom is -0.374 e. The van der Waals surface area contributed by atoms with Crippen molar-refractivity contribution < 1.29 is 9.53 Å². The van der Waals surface area contributed by atoms with E-state index < -0.39 is 0 Å². The van der Waals surface area contributed by atoms with Crippen molar-refractivity contribution in [2.45, 2.75) is 44.8 Å². The summed E-state index contributed by atoms with van der Waals surface area (Å²) in [5.41, 5.74) is 1.45. The number of amides is 1. The molecule has 0 unspecified atom stereocenters. The summed E-state index contributed by atoms with van der Waals surface area (Å²) >= 11 is 0. The summed E-state index contributed by atoms with van der Waals surface area (Å²) in [7, 11) is 0. The molecule has 1 aliphatic carbocycles. The van der Waals surface area contributed by atoms with E-state index in [1.807, 2.05) is 17.9 Å². The number of ether oxygens (including phenoxy) is 1. The third-order valence-electron chi connectivity index (χ3n) is 3.92. The van der Waals surface area contributed by atoms with Gasteiger partial charge in [-0.3, -0.25) is 9.89 Å². The maximum atomic E-state index is 12.5. The standard InChI is InChI=1S/C13H19N3O2/c1-9-8-10(15-14-9)13(17)16-6-7-18-12-5-3-2-4-11(12)16/h8,11-12H,2-7H2,1H3,(H,14,15)/t11-,12-/m0/s1. The highest BCUT2D eigenvalue weighted by Gasteiger charge is 2.37. The second-order valence-electron chi connectivity index (χ2n) is 5.20. The number of nitrogens with zero attached hydrogens (tertiary/aromatic N) is 2. The van der Waals surface area contributed by atoms with Gasteiger partial charge in [-0.05, 0) is 25.8 Å². The Morgan fingerprint density at radius 1 is 1.50 bits per heavy atom. The van der Waals surface area contributed by atoms with Crippen LogP contribution in [0.5, 0.6) is 0 Å². The summed E-state index contributed by atoms with van der Waals surface area (Å²) in [5, 5.41) is 6.90. The first-order chi connectivity index (χ1) is 8.75. The Kier molecular flexibility index (Phi) is 3.07. The fourth-order valence-electron chi connectivity index (χ4n) is 3.02. The first kappa shape index (κ1) is 11.7. The van der Waals surface area contributed by atoms with Crippen LogP contribution in [-0.2, 0) is 4.74 Å². The quantitative estimate of drug-likeness (QED) is 0.820. The maximum Gasteiger partial charge on any atom is 0.274 e. The number of aromatic amines is 1. The summed E-state index contributed by atoms with van der Waals surface area (Å²) in [4.78, 5) is 14.4. The number of rotatable bonds is 1. The molecule has 2 atom stereocenters. The third-order valence-corrected chi connectivity index (χ3v) is 3.92. The van der Waals surface area contributed by atoms with Crippen molar-refractivity contribution in [3.63, 3.8) is 0 Å². The van der Waals surface area contributed by atoms with Crippen molar-refractivity contribution >= 4 is 5.91 Å². The summed E-state index contributed by atoms with van der Waals surface area (Å²) in [6.07, 6.45) is 4.77. The number of fused-ring (bicyclic) bond motifs is 1. The lowest BCUT2D eigenvalue weighted by Gasteiger charge is -2.43. The Balaban J connectivity index is 1.79. The van der Waals surface area contributed by atoms with E-state index in [1.165, 1.54) is 12.8 Å². The van der Waals surface area contributed by atoms with Crippen LogP contribution < -0.4 is 0 Å². The van der Waals surface area contributed by atoms with Crippen molar-refractivity contribution in [3.8, 4) is 0 Å². The minimum absolute atomic E-state index is 0.0413. The Hall–Kier alpha value is -1.36. The predicted molar refractivity (Wildman–Crippen MR) is 66.4 cm³/mol. The van der Waals surface area contributed by atoms with Gasteiger partial charge in [-0.25, -0.2) is 0 Å². The van der Waals surface area contributed by atoms with E-state index in [1.54, 1.807) is 0 Å². The van der Waals surface area contributed by atoms with Crippen molar-refractivity contribution in [2.75, 3.05) is 13.2 Å². The SMILES string of the molecule is Cc1cc(C(=O)N2CCO[C@H]3CCCC[C@@H]32)n[nH]1. The maximum absolute atomic E-state index is 12.5. The van der Waals surface area contributed by atoms with Gasteiger partial charge >= 0.3 is 0 Å². The molecule has 1 aromatic rings. The van der Waals surface area contributed by atoms with Crippen LogP contribution in [0.15, 0.2) is 6.07 Å². The molecule has 1 aliphatic heterocycles. The number of morpholine rings is 1. The van der Waals surface area contributed by atoms with E-state index in [2.05, 4.69) is 10.2 Å². The van der Waals surface area contributed by atoms with Crippen molar-refractivity contribution in [2.24, 2.45) is 0 Å². The Morgan fingerprint density at radius 3 is 3.11 bits per heavy atom. The molecule has 2 fully saturated rings. The molecule has 5 heteroatoms. The fraction of sp³-hybridized carbons (Fsp3) is 0.692. The number of nitrogens with one attached hydrogen (secondary N) is 1. The van der Waals surface area contributed by atoms with Crippen LogP contribution in [0, 0.1) is 6.92 Å². The molecule has 5 nitrogen and oxygen atoms in total. The zero-order valence-electron chi connectivity index (χ0n) is 10.7. The molecule has 2 aliphatic rings. The monoisotopic (exact) mass is 249 g/mol. The van der Waals surface area contributed by atoms with Gasteiger partial charge < -0.3 is 9.64 Å². The van der Waals surface area contributed by atoms with Crippen LogP contribution in [0.25, 0.3) is 0 Å². The summed E-state index contributed by atoms with van der Waals surface area (Å²) in [5.74, 6) is 0.0413. The number of hydrogen-bond donors (Lipinski definition) is 1. The summed E-state index contributed by atoms with van der Waals surface area (Å²) < 4.78 is 5.78. The lowest BCUT2D eigenvalue weighted by atomic mass is 9.90. The molecule has 0 radical (unpaired) electrons. The highest BCUT2D eigenvalue weighted by Crippen LogP contribution is 2.29. The van der Waals surface area contributed by atoms with Crippen LogP contribution >= 0.6 is 0 Å². The number of carbonyl (C=O) groups is 1. The minimum atomic E-state index is 0.0413. The van der Waals surface area contributed by atoms with Gasteiger partial charge in [-0.2, -0.15) is 5.10 Å². The van der Waals surface area contributed by atoms with Gasteiger partial charge in [0.1, 0.15) is 5.69 Å². The van der Waals surface area contributed by atoms with Gasteiger partial charge in [0.05, 0.1) is 18.8 Å². The molecule has 3 rings (SSSR count). The van der Waals surface area contributed by atoms with Gasteiger partial charge in [0.2, 0.25) is 0 Å². The van der Waals surface area contributed by atoms with Crippen LogP contribution in [0.1, 0.15) is 41.9 Å². The molecule has 2 heterocycles. The molecular weight excluding hydrogens is 230 g/mol. The van der Waals surface area contributed by atoms with Gasteiger partial charge in [-0.1, -0.05) is 12.8 Å². The molecule has 1 N–H and O–H groups in total. The number of H-pyrrole nitrogens is 1. The Labute approximate surface area is 107 Å². The van der Waals surface area contributed by atoms with Gasteiger partial charge in [-0.15, -0.1) is 0 Å². The molecule has 1 amide bonds. The van der Waals surface area contributed by atoms with Crippen molar-refractivity contribution in [1.29, 1.82) is 0 Å². The summed E-state index contributed by atoms with van der Waals surface area (Å²) in [6, 6.07) is 2.06. The van der Waals surface area contributed by atoms with Gasteiger partial charge in [0.15, 0.2) is 0 Å².